The Bertz CT molecular complexity index is 765. The first kappa shape index (κ1) is 18.6. The Labute approximate surface area is 153 Å². The lowest BCUT2D eigenvalue weighted by Crippen LogP contribution is -2.41. The van der Waals surface area contributed by atoms with Crippen LogP contribution in [0.1, 0.15) is 30.9 Å². The van der Waals surface area contributed by atoms with Crippen LogP contribution in [0.15, 0.2) is 30.5 Å². The van der Waals surface area contributed by atoms with Crippen LogP contribution < -0.4 is 10.1 Å². The third-order valence-corrected chi connectivity index (χ3v) is 5.27. The van der Waals surface area contributed by atoms with E-state index in [0.717, 1.165) is 35.9 Å². The molecular weight excluding hydrogens is 332 g/mol. The van der Waals surface area contributed by atoms with Crippen LogP contribution in [0.4, 0.5) is 0 Å². The van der Waals surface area contributed by atoms with Gasteiger partial charge < -0.3 is 19.9 Å². The average Bonchev–Trinajstić information content (AvgIpc) is 2.70. The van der Waals surface area contributed by atoms with Crippen molar-refractivity contribution in [3.8, 4) is 5.75 Å². The lowest BCUT2D eigenvalue weighted by atomic mass is 9.82. The molecule has 3 rings (SSSR count). The maximum atomic E-state index is 12.0. The van der Waals surface area contributed by atoms with Crippen molar-refractivity contribution in [2.24, 2.45) is 11.8 Å². The molecule has 1 aromatic heterocycles. The predicted octanol–water partition coefficient (Wildman–Crippen LogP) is 2.46. The summed E-state index contributed by atoms with van der Waals surface area (Å²) in [5, 5.41) is 14.9. The highest BCUT2D eigenvalue weighted by Gasteiger charge is 2.31. The summed E-state index contributed by atoms with van der Waals surface area (Å²) < 4.78 is 10.2. The van der Waals surface area contributed by atoms with Crippen LogP contribution in [0, 0.1) is 11.8 Å². The van der Waals surface area contributed by atoms with Crippen molar-refractivity contribution in [1.29, 1.82) is 0 Å². The minimum atomic E-state index is -0.610. The Hall–Kier alpha value is -2.18. The number of rotatable bonds is 6. The summed E-state index contributed by atoms with van der Waals surface area (Å²) in [6.07, 6.45) is 3.34. The van der Waals surface area contributed by atoms with Gasteiger partial charge in [0.25, 0.3) is 0 Å². The molecule has 2 heterocycles. The molecule has 1 aliphatic heterocycles. The zero-order valence-corrected chi connectivity index (χ0v) is 15.3. The molecule has 2 aromatic rings. The third kappa shape index (κ3) is 3.97. The molecule has 6 heteroatoms. The summed E-state index contributed by atoms with van der Waals surface area (Å²) in [5.74, 6) is 0.577. The smallest absolute Gasteiger partial charge is 0.310 e. The average molecular weight is 358 g/mol. The Balaban J connectivity index is 1.74. The highest BCUT2D eigenvalue weighted by atomic mass is 16.5. The molecule has 1 aromatic carbocycles. The summed E-state index contributed by atoms with van der Waals surface area (Å²) in [6, 6.07) is 7.66. The zero-order valence-electron chi connectivity index (χ0n) is 15.3. The standard InChI is InChI=1S/C20H26N2O4/c1-25-14-10-16-15(4-3-5-18(16)22-11-14)19(23)7-6-13-8-9-21-12-17(13)20(24)26-2/h3-5,10-11,13,17,19,21,23H,6-9,12H2,1-2H3/t13-,17+,19+/m1/s1. The van der Waals surface area contributed by atoms with Crippen molar-refractivity contribution in [3.05, 3.63) is 36.0 Å². The number of pyridine rings is 1. The van der Waals surface area contributed by atoms with Gasteiger partial charge in [-0.15, -0.1) is 0 Å². The van der Waals surface area contributed by atoms with Gasteiger partial charge in [0.15, 0.2) is 0 Å². The van der Waals surface area contributed by atoms with Gasteiger partial charge in [0.1, 0.15) is 5.75 Å². The van der Waals surface area contributed by atoms with Crippen LogP contribution in [0.2, 0.25) is 0 Å². The summed E-state index contributed by atoms with van der Waals surface area (Å²) in [7, 11) is 3.03. The topological polar surface area (TPSA) is 80.7 Å². The van der Waals surface area contributed by atoms with Crippen molar-refractivity contribution in [1.82, 2.24) is 10.3 Å². The number of carbonyl (C=O) groups excluding carboxylic acids is 1. The molecule has 1 saturated heterocycles. The number of aliphatic hydroxyl groups is 1. The highest BCUT2D eigenvalue weighted by molar-refractivity contribution is 5.83. The number of fused-ring (bicyclic) bond motifs is 1. The van der Waals surface area contributed by atoms with Gasteiger partial charge >= 0.3 is 5.97 Å². The second kappa shape index (κ2) is 8.47. The first-order valence-electron chi connectivity index (χ1n) is 9.03. The van der Waals surface area contributed by atoms with Gasteiger partial charge in [0.2, 0.25) is 0 Å². The first-order chi connectivity index (χ1) is 12.6. The van der Waals surface area contributed by atoms with E-state index in [1.807, 2.05) is 24.3 Å². The van der Waals surface area contributed by atoms with Crippen LogP contribution in [0.5, 0.6) is 5.75 Å². The van der Waals surface area contributed by atoms with E-state index in [0.29, 0.717) is 18.7 Å². The van der Waals surface area contributed by atoms with Crippen LogP contribution in [-0.2, 0) is 9.53 Å². The Morgan fingerprint density at radius 3 is 3.04 bits per heavy atom. The number of piperidine rings is 1. The van der Waals surface area contributed by atoms with Gasteiger partial charge in [-0.2, -0.15) is 0 Å². The number of nitrogens with zero attached hydrogens (tertiary/aromatic N) is 1. The van der Waals surface area contributed by atoms with Gasteiger partial charge in [-0.3, -0.25) is 9.78 Å². The van der Waals surface area contributed by atoms with Crippen LogP contribution >= 0.6 is 0 Å². The van der Waals surface area contributed by atoms with Gasteiger partial charge in [0.05, 0.1) is 38.0 Å². The minimum Gasteiger partial charge on any atom is -0.495 e. The zero-order chi connectivity index (χ0) is 18.5. The number of esters is 1. The van der Waals surface area contributed by atoms with Gasteiger partial charge in [0, 0.05) is 11.9 Å². The molecular formula is C20H26N2O4. The van der Waals surface area contributed by atoms with Crippen LogP contribution in [-0.4, -0.2) is 43.4 Å². The molecule has 0 bridgehead atoms. The summed E-state index contributed by atoms with van der Waals surface area (Å²) in [4.78, 5) is 16.4. The van der Waals surface area contributed by atoms with E-state index >= 15 is 0 Å². The molecule has 2 N–H and O–H groups in total. The van der Waals surface area contributed by atoms with Gasteiger partial charge in [-0.25, -0.2) is 0 Å². The molecule has 3 atom stereocenters. The van der Waals surface area contributed by atoms with Crippen molar-refractivity contribution in [2.45, 2.75) is 25.4 Å². The largest absolute Gasteiger partial charge is 0.495 e. The second-order valence-corrected chi connectivity index (χ2v) is 6.76. The number of hydrogen-bond donors (Lipinski definition) is 2. The monoisotopic (exact) mass is 358 g/mol. The van der Waals surface area contributed by atoms with E-state index in [1.54, 1.807) is 13.3 Å². The minimum absolute atomic E-state index is 0.143. The number of hydrogen-bond acceptors (Lipinski definition) is 6. The van der Waals surface area contributed by atoms with Gasteiger partial charge in [-0.1, -0.05) is 12.1 Å². The molecule has 26 heavy (non-hydrogen) atoms. The molecule has 0 unspecified atom stereocenters. The number of methoxy groups -OCH3 is 2. The van der Waals surface area contributed by atoms with Crippen molar-refractivity contribution < 1.29 is 19.4 Å². The molecule has 0 saturated carbocycles. The molecule has 1 aliphatic rings. The SMILES string of the molecule is COC(=O)[C@H]1CNCC[C@H]1CC[C@H](O)c1cccc2ncc(OC)cc12. The highest BCUT2D eigenvalue weighted by Crippen LogP contribution is 2.32. The molecule has 0 amide bonds. The van der Waals surface area contributed by atoms with Crippen LogP contribution in [0.25, 0.3) is 10.9 Å². The molecule has 0 radical (unpaired) electrons. The number of carbonyl (C=O) groups is 1. The summed E-state index contributed by atoms with van der Waals surface area (Å²) >= 11 is 0. The van der Waals surface area contributed by atoms with Crippen molar-refractivity contribution in [3.63, 3.8) is 0 Å². The molecule has 1 fully saturated rings. The lowest BCUT2D eigenvalue weighted by Gasteiger charge is -2.30. The lowest BCUT2D eigenvalue weighted by molar-refractivity contribution is -0.148. The first-order valence-corrected chi connectivity index (χ1v) is 9.03. The van der Waals surface area contributed by atoms with Crippen molar-refractivity contribution in [2.75, 3.05) is 27.3 Å². The number of nitrogens with one attached hydrogen (secondary N) is 1. The van der Waals surface area contributed by atoms with E-state index in [1.165, 1.54) is 7.11 Å². The molecule has 140 valence electrons. The number of ether oxygens (including phenoxy) is 2. The summed E-state index contributed by atoms with van der Waals surface area (Å²) in [5.41, 5.74) is 1.68. The number of aromatic nitrogens is 1. The van der Waals surface area contributed by atoms with E-state index in [2.05, 4.69) is 10.3 Å². The Morgan fingerprint density at radius 1 is 1.42 bits per heavy atom. The fourth-order valence-corrected chi connectivity index (χ4v) is 3.77. The quantitative estimate of drug-likeness (QED) is 0.772. The van der Waals surface area contributed by atoms with Gasteiger partial charge in [-0.05, 0) is 49.4 Å². The molecule has 6 nitrogen and oxygen atoms in total. The van der Waals surface area contributed by atoms with Crippen molar-refractivity contribution >= 4 is 16.9 Å². The number of benzene rings is 1. The van der Waals surface area contributed by atoms with E-state index in [-0.39, 0.29) is 17.8 Å². The molecule has 0 aliphatic carbocycles. The number of aliphatic hydroxyl groups excluding tert-OH is 1. The third-order valence-electron chi connectivity index (χ3n) is 5.27. The Kier molecular flexibility index (Phi) is 6.06. The normalized spacial score (nSPS) is 21.3. The summed E-state index contributed by atoms with van der Waals surface area (Å²) in [6.45, 7) is 1.53. The molecule has 0 spiro atoms. The maximum Gasteiger partial charge on any atom is 0.310 e. The Morgan fingerprint density at radius 2 is 2.27 bits per heavy atom. The fraction of sp³-hybridized carbons (Fsp3) is 0.500. The van der Waals surface area contributed by atoms with Crippen LogP contribution in [0.3, 0.4) is 0 Å². The van der Waals surface area contributed by atoms with E-state index < -0.39 is 6.10 Å². The second-order valence-electron chi connectivity index (χ2n) is 6.76. The maximum absolute atomic E-state index is 12.0. The van der Waals surface area contributed by atoms with E-state index in [9.17, 15) is 9.90 Å². The van der Waals surface area contributed by atoms with E-state index in [4.69, 9.17) is 9.47 Å². The predicted molar refractivity (Wildman–Crippen MR) is 99.0 cm³/mol. The fourth-order valence-electron chi connectivity index (χ4n) is 3.77.